The van der Waals surface area contributed by atoms with Gasteiger partial charge in [-0.15, -0.1) is 0 Å². The van der Waals surface area contributed by atoms with E-state index in [4.69, 9.17) is 5.11 Å². The third kappa shape index (κ3) is 3.73. The quantitative estimate of drug-likeness (QED) is 0.800. The second-order valence-electron chi connectivity index (χ2n) is 4.06. The van der Waals surface area contributed by atoms with Crippen molar-refractivity contribution in [3.8, 4) is 0 Å². The van der Waals surface area contributed by atoms with Crippen LogP contribution in [0.4, 0.5) is 10.1 Å². The van der Waals surface area contributed by atoms with Crippen molar-refractivity contribution in [2.75, 3.05) is 11.9 Å². The fraction of sp³-hybridized carbons (Fsp3) is 0.462. The minimum atomic E-state index is -1.05. The van der Waals surface area contributed by atoms with Crippen molar-refractivity contribution < 1.29 is 14.3 Å². The predicted octanol–water partition coefficient (Wildman–Crippen LogP) is 3.37. The van der Waals surface area contributed by atoms with Crippen LogP contribution in [0, 0.1) is 11.7 Å². The first-order valence-electron chi connectivity index (χ1n) is 5.85. The number of carbonyl (C=O) groups is 1. The molecule has 0 spiro atoms. The van der Waals surface area contributed by atoms with E-state index in [1.54, 1.807) is 0 Å². The van der Waals surface area contributed by atoms with Crippen LogP contribution >= 0.6 is 0 Å². The van der Waals surface area contributed by atoms with E-state index in [1.807, 2.05) is 0 Å². The van der Waals surface area contributed by atoms with Gasteiger partial charge in [-0.05, 0) is 24.1 Å². The fourth-order valence-electron chi connectivity index (χ4n) is 1.63. The molecule has 0 fully saturated rings. The molecule has 94 valence electrons. The molecule has 0 bridgehead atoms. The van der Waals surface area contributed by atoms with Crippen molar-refractivity contribution in [2.24, 2.45) is 5.92 Å². The van der Waals surface area contributed by atoms with Gasteiger partial charge in [0, 0.05) is 6.54 Å². The van der Waals surface area contributed by atoms with Crippen LogP contribution in [0.2, 0.25) is 0 Å². The first kappa shape index (κ1) is 13.5. The van der Waals surface area contributed by atoms with Gasteiger partial charge in [-0.25, -0.2) is 9.18 Å². The Balaban J connectivity index is 2.75. The first-order valence-corrected chi connectivity index (χ1v) is 5.85. The number of halogens is 1. The van der Waals surface area contributed by atoms with Crippen LogP contribution in [0.1, 0.15) is 37.0 Å². The maximum atomic E-state index is 13.4. The molecule has 4 heteroatoms. The molecule has 1 aromatic carbocycles. The largest absolute Gasteiger partial charge is 0.478 e. The molecule has 1 aromatic rings. The second-order valence-corrected chi connectivity index (χ2v) is 4.06. The summed E-state index contributed by atoms with van der Waals surface area (Å²) in [5, 5.41) is 11.8. The van der Waals surface area contributed by atoms with E-state index < -0.39 is 11.8 Å². The standard InChI is InChI=1S/C13H18FNO2/c1-3-9(4-2)8-15-12-7-10(13(16)17)5-6-11(12)14/h5-7,9,15H,3-4,8H2,1-2H3,(H,16,17). The first-order chi connectivity index (χ1) is 8.08. The summed E-state index contributed by atoms with van der Waals surface area (Å²) in [5.74, 6) is -0.987. The molecular formula is C13H18FNO2. The van der Waals surface area contributed by atoms with Gasteiger partial charge in [-0.3, -0.25) is 0 Å². The van der Waals surface area contributed by atoms with E-state index in [-0.39, 0.29) is 11.3 Å². The van der Waals surface area contributed by atoms with Crippen molar-refractivity contribution in [2.45, 2.75) is 26.7 Å². The summed E-state index contributed by atoms with van der Waals surface area (Å²) in [6.07, 6.45) is 2.04. The summed E-state index contributed by atoms with van der Waals surface area (Å²) >= 11 is 0. The molecule has 0 heterocycles. The number of hydrogen-bond acceptors (Lipinski definition) is 2. The highest BCUT2D eigenvalue weighted by Crippen LogP contribution is 2.18. The Kier molecular flexibility index (Phi) is 4.94. The van der Waals surface area contributed by atoms with Crippen LogP contribution < -0.4 is 5.32 Å². The lowest BCUT2D eigenvalue weighted by Gasteiger charge is -2.15. The molecule has 0 radical (unpaired) electrons. The Bertz CT molecular complexity index is 389. The summed E-state index contributed by atoms with van der Waals surface area (Å²) in [7, 11) is 0. The minimum Gasteiger partial charge on any atom is -0.478 e. The third-order valence-corrected chi connectivity index (χ3v) is 2.95. The van der Waals surface area contributed by atoms with E-state index >= 15 is 0 Å². The molecule has 0 saturated carbocycles. The number of aromatic carboxylic acids is 1. The van der Waals surface area contributed by atoms with Gasteiger partial charge in [0.2, 0.25) is 0 Å². The Labute approximate surface area is 101 Å². The Morgan fingerprint density at radius 2 is 2.06 bits per heavy atom. The molecule has 1 rings (SSSR count). The average molecular weight is 239 g/mol. The van der Waals surface area contributed by atoms with Gasteiger partial charge in [0.1, 0.15) is 5.82 Å². The van der Waals surface area contributed by atoms with Crippen LogP contribution in [-0.2, 0) is 0 Å². The zero-order chi connectivity index (χ0) is 12.8. The van der Waals surface area contributed by atoms with Gasteiger partial charge in [-0.1, -0.05) is 26.7 Å². The number of anilines is 1. The molecule has 0 aliphatic heterocycles. The van der Waals surface area contributed by atoms with Gasteiger partial charge in [0.05, 0.1) is 11.3 Å². The minimum absolute atomic E-state index is 0.0958. The van der Waals surface area contributed by atoms with E-state index in [9.17, 15) is 9.18 Å². The van der Waals surface area contributed by atoms with Crippen LogP contribution in [0.3, 0.4) is 0 Å². The molecule has 0 unspecified atom stereocenters. The Morgan fingerprint density at radius 3 is 2.59 bits per heavy atom. The smallest absolute Gasteiger partial charge is 0.335 e. The van der Waals surface area contributed by atoms with E-state index in [1.165, 1.54) is 18.2 Å². The lowest BCUT2D eigenvalue weighted by molar-refractivity contribution is 0.0697. The van der Waals surface area contributed by atoms with Gasteiger partial charge >= 0.3 is 5.97 Å². The molecular weight excluding hydrogens is 221 g/mol. The number of carboxylic acid groups (broad SMARTS) is 1. The van der Waals surface area contributed by atoms with Crippen molar-refractivity contribution in [1.82, 2.24) is 0 Å². The number of hydrogen-bond donors (Lipinski definition) is 2. The molecule has 0 saturated heterocycles. The zero-order valence-corrected chi connectivity index (χ0v) is 10.2. The molecule has 0 atom stereocenters. The zero-order valence-electron chi connectivity index (χ0n) is 10.2. The summed E-state index contributed by atoms with van der Waals surface area (Å²) in [5.41, 5.74) is 0.357. The number of benzene rings is 1. The van der Waals surface area contributed by atoms with Crippen molar-refractivity contribution in [3.05, 3.63) is 29.6 Å². The van der Waals surface area contributed by atoms with Gasteiger partial charge < -0.3 is 10.4 Å². The highest BCUT2D eigenvalue weighted by Gasteiger charge is 2.09. The van der Waals surface area contributed by atoms with Gasteiger partial charge in [0.15, 0.2) is 0 Å². The van der Waals surface area contributed by atoms with Gasteiger partial charge in [0.25, 0.3) is 0 Å². The highest BCUT2D eigenvalue weighted by atomic mass is 19.1. The van der Waals surface area contributed by atoms with Crippen molar-refractivity contribution >= 4 is 11.7 Å². The van der Waals surface area contributed by atoms with E-state index in [0.717, 1.165) is 12.8 Å². The fourth-order valence-corrected chi connectivity index (χ4v) is 1.63. The molecule has 0 aliphatic carbocycles. The Morgan fingerprint density at radius 1 is 1.41 bits per heavy atom. The van der Waals surface area contributed by atoms with Crippen LogP contribution in [0.5, 0.6) is 0 Å². The third-order valence-electron chi connectivity index (χ3n) is 2.95. The number of rotatable bonds is 6. The van der Waals surface area contributed by atoms with E-state index in [2.05, 4.69) is 19.2 Å². The lowest BCUT2D eigenvalue weighted by atomic mass is 10.0. The predicted molar refractivity (Wildman–Crippen MR) is 65.9 cm³/mol. The maximum absolute atomic E-state index is 13.4. The molecule has 17 heavy (non-hydrogen) atoms. The molecule has 3 nitrogen and oxygen atoms in total. The molecule has 0 aromatic heterocycles. The summed E-state index contributed by atoms with van der Waals surface area (Å²) in [4.78, 5) is 10.8. The average Bonchev–Trinajstić information content (AvgIpc) is 2.32. The van der Waals surface area contributed by atoms with Crippen molar-refractivity contribution in [3.63, 3.8) is 0 Å². The summed E-state index contributed by atoms with van der Waals surface area (Å²) in [6.45, 7) is 4.83. The highest BCUT2D eigenvalue weighted by molar-refractivity contribution is 5.88. The number of nitrogens with one attached hydrogen (secondary N) is 1. The van der Waals surface area contributed by atoms with Crippen molar-refractivity contribution in [1.29, 1.82) is 0 Å². The maximum Gasteiger partial charge on any atom is 0.335 e. The van der Waals surface area contributed by atoms with Crippen LogP contribution in [0.25, 0.3) is 0 Å². The lowest BCUT2D eigenvalue weighted by Crippen LogP contribution is -2.14. The van der Waals surface area contributed by atoms with E-state index in [0.29, 0.717) is 12.5 Å². The molecule has 0 amide bonds. The summed E-state index contributed by atoms with van der Waals surface area (Å²) < 4.78 is 13.4. The SMILES string of the molecule is CCC(CC)CNc1cc(C(=O)O)ccc1F. The monoisotopic (exact) mass is 239 g/mol. The van der Waals surface area contributed by atoms with Crippen LogP contribution in [0.15, 0.2) is 18.2 Å². The number of carboxylic acids is 1. The topological polar surface area (TPSA) is 49.3 Å². The van der Waals surface area contributed by atoms with Crippen LogP contribution in [-0.4, -0.2) is 17.6 Å². The molecule has 0 aliphatic rings. The Hall–Kier alpha value is -1.58. The second kappa shape index (κ2) is 6.23. The molecule has 2 N–H and O–H groups in total. The summed E-state index contributed by atoms with van der Waals surface area (Å²) in [6, 6.07) is 3.78. The van der Waals surface area contributed by atoms with Gasteiger partial charge in [-0.2, -0.15) is 0 Å². The normalized spacial score (nSPS) is 10.6.